The number of amides is 1. The number of benzene rings is 1. The lowest BCUT2D eigenvalue weighted by molar-refractivity contribution is -0.384. The predicted octanol–water partition coefficient (Wildman–Crippen LogP) is 2.55. The van der Waals surface area contributed by atoms with Crippen LogP contribution < -0.4 is 4.90 Å². The molecule has 0 radical (unpaired) electrons. The summed E-state index contributed by atoms with van der Waals surface area (Å²) in [5.74, 6) is -0.0112. The largest absolute Gasteiger partial charge is 0.359 e. The van der Waals surface area contributed by atoms with Gasteiger partial charge < -0.3 is 9.80 Å². The molecule has 1 aromatic carbocycles. The summed E-state index contributed by atoms with van der Waals surface area (Å²) in [6, 6.07) is 4.95. The Bertz CT molecular complexity index is 632. The second-order valence-electron chi connectivity index (χ2n) is 5.63. The highest BCUT2D eigenvalue weighted by molar-refractivity contribution is 5.83. The molecule has 2 rings (SSSR count). The fourth-order valence-corrected chi connectivity index (χ4v) is 2.87. The molecule has 0 saturated carbocycles. The average molecular weight is 315 g/mol. The number of hydrogen-bond acceptors (Lipinski definition) is 4. The van der Waals surface area contributed by atoms with E-state index in [4.69, 9.17) is 0 Å². The Morgan fingerprint density at radius 2 is 2.09 bits per heavy atom. The number of carbonyl (C=O) groups excluding carboxylic acids is 1. The molecule has 6 heteroatoms. The van der Waals surface area contributed by atoms with Crippen LogP contribution in [0, 0.1) is 10.1 Å². The van der Waals surface area contributed by atoms with E-state index in [0.717, 1.165) is 11.3 Å². The van der Waals surface area contributed by atoms with E-state index in [2.05, 4.69) is 13.2 Å². The van der Waals surface area contributed by atoms with Gasteiger partial charge in [-0.05, 0) is 25.0 Å². The fraction of sp³-hybridized carbons (Fsp3) is 0.353. The number of carbonyl (C=O) groups is 1. The molecule has 0 aromatic heterocycles. The van der Waals surface area contributed by atoms with Crippen LogP contribution in [-0.2, 0) is 11.2 Å². The number of non-ortho nitro benzene ring substituents is 1. The first-order valence-electron chi connectivity index (χ1n) is 7.51. The minimum absolute atomic E-state index is 0.0112. The van der Waals surface area contributed by atoms with Crippen molar-refractivity contribution in [3.63, 3.8) is 0 Å². The molecule has 1 unspecified atom stereocenters. The number of nitro benzene ring substituents is 1. The Morgan fingerprint density at radius 1 is 1.43 bits per heavy atom. The second-order valence-corrected chi connectivity index (χ2v) is 5.63. The zero-order chi connectivity index (χ0) is 17.0. The summed E-state index contributed by atoms with van der Waals surface area (Å²) in [6.45, 7) is 10.5. The second kappa shape index (κ2) is 7.09. The predicted molar refractivity (Wildman–Crippen MR) is 90.6 cm³/mol. The Morgan fingerprint density at radius 3 is 2.65 bits per heavy atom. The average Bonchev–Trinajstić information content (AvgIpc) is 2.82. The molecule has 1 heterocycles. The van der Waals surface area contributed by atoms with Gasteiger partial charge in [0.1, 0.15) is 0 Å². The van der Waals surface area contributed by atoms with E-state index < -0.39 is 4.92 Å². The van der Waals surface area contributed by atoms with Crippen LogP contribution in [0.1, 0.15) is 12.5 Å². The molecule has 1 amide bonds. The Hall–Kier alpha value is -2.63. The van der Waals surface area contributed by atoms with Gasteiger partial charge >= 0.3 is 0 Å². The van der Waals surface area contributed by atoms with E-state index in [9.17, 15) is 14.9 Å². The smallest absolute Gasteiger partial charge is 0.269 e. The van der Waals surface area contributed by atoms with Crippen LogP contribution in [0.25, 0.3) is 0 Å². The summed E-state index contributed by atoms with van der Waals surface area (Å²) >= 11 is 0. The summed E-state index contributed by atoms with van der Waals surface area (Å²) in [6.07, 6.45) is 4.07. The molecule has 1 aliphatic heterocycles. The zero-order valence-electron chi connectivity index (χ0n) is 13.3. The van der Waals surface area contributed by atoms with Gasteiger partial charge in [-0.15, -0.1) is 13.2 Å². The van der Waals surface area contributed by atoms with Gasteiger partial charge in [0.25, 0.3) is 5.69 Å². The number of fused-ring (bicyclic) bond motifs is 1. The molecule has 0 saturated heterocycles. The minimum Gasteiger partial charge on any atom is -0.359 e. The quantitative estimate of drug-likeness (QED) is 0.440. The van der Waals surface area contributed by atoms with Crippen LogP contribution in [0.5, 0.6) is 0 Å². The molecular weight excluding hydrogens is 294 g/mol. The van der Waals surface area contributed by atoms with Gasteiger partial charge in [0.2, 0.25) is 5.91 Å². The van der Waals surface area contributed by atoms with Crippen LogP contribution in [0.15, 0.2) is 43.5 Å². The zero-order valence-corrected chi connectivity index (χ0v) is 13.3. The molecule has 0 bridgehead atoms. The standard InChI is InChI=1S/C17H21N3O3/c1-4-8-18(9-5-2)17(21)12-19-13(3)10-14-11-15(20(22)23)6-7-16(14)19/h4-7,11,13H,1-2,8-10,12H2,3H3. The molecule has 23 heavy (non-hydrogen) atoms. The fourth-order valence-electron chi connectivity index (χ4n) is 2.87. The van der Waals surface area contributed by atoms with Crippen LogP contribution in [0.4, 0.5) is 11.4 Å². The highest BCUT2D eigenvalue weighted by Crippen LogP contribution is 2.34. The van der Waals surface area contributed by atoms with Crippen molar-refractivity contribution in [2.45, 2.75) is 19.4 Å². The lowest BCUT2D eigenvalue weighted by atomic mass is 10.1. The highest BCUT2D eigenvalue weighted by Gasteiger charge is 2.29. The van der Waals surface area contributed by atoms with Gasteiger partial charge in [-0.25, -0.2) is 0 Å². The van der Waals surface area contributed by atoms with E-state index in [-0.39, 0.29) is 24.2 Å². The lowest BCUT2D eigenvalue weighted by Crippen LogP contribution is -2.42. The van der Waals surface area contributed by atoms with Gasteiger partial charge in [0.15, 0.2) is 0 Å². The molecule has 1 atom stereocenters. The Balaban J connectivity index is 2.18. The SMILES string of the molecule is C=CCN(CC=C)C(=O)CN1c2ccc([N+](=O)[O-])cc2CC1C. The van der Waals surface area contributed by atoms with Crippen molar-refractivity contribution in [2.24, 2.45) is 0 Å². The van der Waals surface area contributed by atoms with Crippen molar-refractivity contribution in [1.29, 1.82) is 0 Å². The molecule has 0 spiro atoms. The molecule has 1 aromatic rings. The molecule has 1 aliphatic rings. The molecule has 0 aliphatic carbocycles. The molecule has 6 nitrogen and oxygen atoms in total. The van der Waals surface area contributed by atoms with Crippen LogP contribution in [-0.4, -0.2) is 41.4 Å². The van der Waals surface area contributed by atoms with Crippen molar-refractivity contribution in [3.8, 4) is 0 Å². The van der Waals surface area contributed by atoms with Crippen LogP contribution in [0.3, 0.4) is 0 Å². The molecule has 122 valence electrons. The van der Waals surface area contributed by atoms with Crippen molar-refractivity contribution >= 4 is 17.3 Å². The van der Waals surface area contributed by atoms with Crippen LogP contribution >= 0.6 is 0 Å². The third kappa shape index (κ3) is 3.59. The van der Waals surface area contributed by atoms with E-state index in [0.29, 0.717) is 19.5 Å². The van der Waals surface area contributed by atoms with E-state index in [1.165, 1.54) is 6.07 Å². The number of nitro groups is 1. The molecule has 0 fully saturated rings. The van der Waals surface area contributed by atoms with E-state index in [1.54, 1.807) is 29.2 Å². The third-order valence-corrected chi connectivity index (χ3v) is 3.99. The number of hydrogen-bond donors (Lipinski definition) is 0. The topological polar surface area (TPSA) is 66.7 Å². The summed E-state index contributed by atoms with van der Waals surface area (Å²) in [5.41, 5.74) is 1.90. The minimum atomic E-state index is -0.394. The normalized spacial score (nSPS) is 15.9. The van der Waals surface area contributed by atoms with E-state index >= 15 is 0 Å². The van der Waals surface area contributed by atoms with Crippen LogP contribution in [0.2, 0.25) is 0 Å². The van der Waals surface area contributed by atoms with Gasteiger partial charge in [0, 0.05) is 37.0 Å². The third-order valence-electron chi connectivity index (χ3n) is 3.99. The Kier molecular flexibility index (Phi) is 5.16. The maximum atomic E-state index is 12.5. The number of nitrogens with zero attached hydrogens (tertiary/aromatic N) is 3. The van der Waals surface area contributed by atoms with Gasteiger partial charge in [-0.3, -0.25) is 14.9 Å². The van der Waals surface area contributed by atoms with Gasteiger partial charge in [-0.2, -0.15) is 0 Å². The first-order valence-corrected chi connectivity index (χ1v) is 7.51. The van der Waals surface area contributed by atoms with Crippen molar-refractivity contribution < 1.29 is 9.72 Å². The van der Waals surface area contributed by atoms with Crippen molar-refractivity contribution in [2.75, 3.05) is 24.5 Å². The lowest BCUT2D eigenvalue weighted by Gasteiger charge is -2.28. The monoisotopic (exact) mass is 315 g/mol. The van der Waals surface area contributed by atoms with E-state index in [1.807, 2.05) is 11.8 Å². The summed E-state index contributed by atoms with van der Waals surface area (Å²) in [7, 11) is 0. The molecular formula is C17H21N3O3. The maximum Gasteiger partial charge on any atom is 0.269 e. The van der Waals surface area contributed by atoms with Crippen molar-refractivity contribution in [3.05, 3.63) is 59.2 Å². The van der Waals surface area contributed by atoms with Gasteiger partial charge in [-0.1, -0.05) is 12.2 Å². The first-order chi connectivity index (χ1) is 11.0. The summed E-state index contributed by atoms with van der Waals surface area (Å²) < 4.78 is 0. The number of rotatable bonds is 7. The first kappa shape index (κ1) is 16.7. The van der Waals surface area contributed by atoms with Crippen molar-refractivity contribution in [1.82, 2.24) is 4.90 Å². The van der Waals surface area contributed by atoms with Gasteiger partial charge in [0.05, 0.1) is 11.5 Å². The molecule has 0 N–H and O–H groups in total. The summed E-state index contributed by atoms with van der Waals surface area (Å²) in [5, 5.41) is 10.9. The Labute approximate surface area is 135 Å². The number of anilines is 1. The summed E-state index contributed by atoms with van der Waals surface area (Å²) in [4.78, 5) is 26.7. The maximum absolute atomic E-state index is 12.5. The highest BCUT2D eigenvalue weighted by atomic mass is 16.6.